The molecule has 1 amide bonds. The van der Waals surface area contributed by atoms with Gasteiger partial charge >= 0.3 is 0 Å². The van der Waals surface area contributed by atoms with Gasteiger partial charge in [-0.05, 0) is 26.2 Å². The molecule has 2 N–H and O–H groups in total. The fourth-order valence-electron chi connectivity index (χ4n) is 2.77. The molecule has 120 valence electrons. The number of anilines is 1. The zero-order valence-electron chi connectivity index (χ0n) is 13.4. The first-order valence-corrected chi connectivity index (χ1v) is 8.29. The molecule has 3 rings (SSSR count). The summed E-state index contributed by atoms with van der Waals surface area (Å²) in [4.78, 5) is 23.6. The molecule has 1 atom stereocenters. The Kier molecular flexibility index (Phi) is 4.57. The van der Waals surface area contributed by atoms with Gasteiger partial charge in [-0.15, -0.1) is 0 Å². The number of hydrogen-bond acceptors (Lipinski definition) is 5. The van der Waals surface area contributed by atoms with Crippen LogP contribution in [0.3, 0.4) is 0 Å². The number of nitrogens with zero attached hydrogens (tertiary/aromatic N) is 3. The van der Waals surface area contributed by atoms with Crippen LogP contribution in [0, 0.1) is 6.92 Å². The predicted molar refractivity (Wildman–Crippen MR) is 85.9 cm³/mol. The quantitative estimate of drug-likeness (QED) is 0.842. The Morgan fingerprint density at radius 3 is 3.00 bits per heavy atom. The minimum absolute atomic E-state index is 0.117. The number of aromatic nitrogens is 2. The van der Waals surface area contributed by atoms with Crippen molar-refractivity contribution in [3.05, 3.63) is 17.6 Å². The van der Waals surface area contributed by atoms with E-state index in [1.165, 1.54) is 0 Å². The molecule has 0 radical (unpaired) electrons. The molecule has 0 bridgehead atoms. The van der Waals surface area contributed by atoms with E-state index in [9.17, 15) is 4.79 Å². The molecule has 0 aromatic carbocycles. The van der Waals surface area contributed by atoms with E-state index in [0.29, 0.717) is 12.6 Å². The lowest BCUT2D eigenvalue weighted by molar-refractivity contribution is -0.123. The lowest BCUT2D eigenvalue weighted by Crippen LogP contribution is -2.57. The van der Waals surface area contributed by atoms with Gasteiger partial charge in [0.15, 0.2) is 0 Å². The smallest absolute Gasteiger partial charge is 0.239 e. The van der Waals surface area contributed by atoms with Gasteiger partial charge in [-0.3, -0.25) is 4.79 Å². The van der Waals surface area contributed by atoms with E-state index in [-0.39, 0.29) is 11.9 Å². The van der Waals surface area contributed by atoms with E-state index in [1.54, 1.807) is 0 Å². The third-order valence-electron chi connectivity index (χ3n) is 4.10. The molecular formula is C16H25N5O. The van der Waals surface area contributed by atoms with Crippen molar-refractivity contribution in [1.29, 1.82) is 0 Å². The molecule has 2 heterocycles. The Balaban J connectivity index is 1.69. The molecule has 1 aromatic heterocycles. The highest BCUT2D eigenvalue weighted by Crippen LogP contribution is 2.19. The van der Waals surface area contributed by atoms with Crippen LogP contribution in [0.5, 0.6) is 0 Å². The highest BCUT2D eigenvalue weighted by molar-refractivity contribution is 5.83. The molecule has 2 fully saturated rings. The summed E-state index contributed by atoms with van der Waals surface area (Å²) >= 11 is 0. The molecule has 6 heteroatoms. The van der Waals surface area contributed by atoms with Crippen LogP contribution >= 0.6 is 0 Å². The SMILES string of the molecule is CCCc1nc(C)cc(N2CCN[C@H](C(=O)NC3CC3)C2)n1. The van der Waals surface area contributed by atoms with Gasteiger partial charge in [0.1, 0.15) is 17.7 Å². The lowest BCUT2D eigenvalue weighted by Gasteiger charge is -2.34. The highest BCUT2D eigenvalue weighted by atomic mass is 16.2. The van der Waals surface area contributed by atoms with Crippen molar-refractivity contribution in [2.24, 2.45) is 0 Å². The summed E-state index contributed by atoms with van der Waals surface area (Å²) in [5.41, 5.74) is 0.992. The van der Waals surface area contributed by atoms with Gasteiger partial charge in [-0.2, -0.15) is 0 Å². The zero-order valence-corrected chi connectivity index (χ0v) is 13.4. The van der Waals surface area contributed by atoms with E-state index in [2.05, 4.69) is 32.4 Å². The Morgan fingerprint density at radius 1 is 1.45 bits per heavy atom. The van der Waals surface area contributed by atoms with Gasteiger partial charge < -0.3 is 15.5 Å². The molecule has 22 heavy (non-hydrogen) atoms. The van der Waals surface area contributed by atoms with Crippen LogP contribution < -0.4 is 15.5 Å². The van der Waals surface area contributed by atoms with Gasteiger partial charge in [-0.1, -0.05) is 6.92 Å². The lowest BCUT2D eigenvalue weighted by atomic mass is 10.2. The van der Waals surface area contributed by atoms with Crippen LogP contribution in [0.15, 0.2) is 6.07 Å². The fourth-order valence-corrected chi connectivity index (χ4v) is 2.77. The summed E-state index contributed by atoms with van der Waals surface area (Å²) in [7, 11) is 0. The first kappa shape index (κ1) is 15.2. The van der Waals surface area contributed by atoms with Gasteiger partial charge in [0.25, 0.3) is 0 Å². The topological polar surface area (TPSA) is 70.2 Å². The number of carbonyl (C=O) groups is 1. The zero-order chi connectivity index (χ0) is 15.5. The summed E-state index contributed by atoms with van der Waals surface area (Å²) in [5, 5.41) is 6.39. The van der Waals surface area contributed by atoms with Crippen LogP contribution in [0.1, 0.15) is 37.7 Å². The van der Waals surface area contributed by atoms with Crippen molar-refractivity contribution in [3.63, 3.8) is 0 Å². The van der Waals surface area contributed by atoms with Gasteiger partial charge in [0.2, 0.25) is 5.91 Å². The normalized spacial score (nSPS) is 21.7. The second kappa shape index (κ2) is 6.60. The molecule has 1 aromatic rings. The standard InChI is InChI=1S/C16H25N5O/c1-3-4-14-18-11(2)9-15(20-14)21-8-7-17-13(10-21)16(22)19-12-5-6-12/h9,12-13,17H,3-8,10H2,1-2H3,(H,19,22)/t13-/m0/s1. The Hall–Kier alpha value is -1.69. The summed E-state index contributed by atoms with van der Waals surface area (Å²) in [6.45, 7) is 6.48. The van der Waals surface area contributed by atoms with E-state index < -0.39 is 0 Å². The van der Waals surface area contributed by atoms with Crippen molar-refractivity contribution < 1.29 is 4.79 Å². The fraction of sp³-hybridized carbons (Fsp3) is 0.688. The summed E-state index contributed by atoms with van der Waals surface area (Å²) in [5.74, 6) is 1.96. The van der Waals surface area contributed by atoms with Crippen LogP contribution in [0.25, 0.3) is 0 Å². The van der Waals surface area contributed by atoms with Crippen LogP contribution in [-0.4, -0.2) is 47.6 Å². The van der Waals surface area contributed by atoms with Gasteiger partial charge in [0.05, 0.1) is 0 Å². The van der Waals surface area contributed by atoms with E-state index in [0.717, 1.165) is 56.1 Å². The van der Waals surface area contributed by atoms with Crippen molar-refractivity contribution in [2.75, 3.05) is 24.5 Å². The summed E-state index contributed by atoms with van der Waals surface area (Å²) < 4.78 is 0. The molecular weight excluding hydrogens is 278 g/mol. The number of carbonyl (C=O) groups excluding carboxylic acids is 1. The number of nitrogens with one attached hydrogen (secondary N) is 2. The Labute approximate surface area is 131 Å². The maximum atomic E-state index is 12.2. The number of aryl methyl sites for hydroxylation is 2. The minimum atomic E-state index is -0.153. The number of rotatable bonds is 5. The third kappa shape index (κ3) is 3.74. The second-order valence-corrected chi connectivity index (χ2v) is 6.27. The van der Waals surface area contributed by atoms with Crippen molar-refractivity contribution in [1.82, 2.24) is 20.6 Å². The van der Waals surface area contributed by atoms with Crippen LogP contribution in [0.2, 0.25) is 0 Å². The van der Waals surface area contributed by atoms with Gasteiger partial charge in [0, 0.05) is 43.9 Å². The molecule has 1 aliphatic carbocycles. The second-order valence-electron chi connectivity index (χ2n) is 6.27. The first-order valence-electron chi connectivity index (χ1n) is 8.29. The highest BCUT2D eigenvalue weighted by Gasteiger charge is 2.30. The van der Waals surface area contributed by atoms with Crippen molar-refractivity contribution in [2.45, 2.75) is 51.6 Å². The van der Waals surface area contributed by atoms with Crippen molar-refractivity contribution in [3.8, 4) is 0 Å². The first-order chi connectivity index (χ1) is 10.7. The molecule has 2 aliphatic rings. The summed E-state index contributed by atoms with van der Waals surface area (Å²) in [6, 6.07) is 2.27. The Bertz CT molecular complexity index is 543. The Morgan fingerprint density at radius 2 is 2.27 bits per heavy atom. The van der Waals surface area contributed by atoms with Crippen LogP contribution in [-0.2, 0) is 11.2 Å². The molecule has 1 aliphatic heterocycles. The predicted octanol–water partition coefficient (Wildman–Crippen LogP) is 0.794. The minimum Gasteiger partial charge on any atom is -0.353 e. The van der Waals surface area contributed by atoms with E-state index in [4.69, 9.17) is 0 Å². The number of piperazine rings is 1. The van der Waals surface area contributed by atoms with E-state index >= 15 is 0 Å². The monoisotopic (exact) mass is 303 g/mol. The maximum Gasteiger partial charge on any atom is 0.239 e. The largest absolute Gasteiger partial charge is 0.353 e. The van der Waals surface area contributed by atoms with Gasteiger partial charge in [-0.25, -0.2) is 9.97 Å². The number of hydrogen-bond donors (Lipinski definition) is 2. The van der Waals surface area contributed by atoms with Crippen LogP contribution in [0.4, 0.5) is 5.82 Å². The maximum absolute atomic E-state index is 12.2. The summed E-state index contributed by atoms with van der Waals surface area (Å²) in [6.07, 6.45) is 4.17. The van der Waals surface area contributed by atoms with Crippen molar-refractivity contribution >= 4 is 11.7 Å². The average Bonchev–Trinajstić information content (AvgIpc) is 3.31. The molecule has 6 nitrogen and oxygen atoms in total. The average molecular weight is 303 g/mol. The molecule has 1 saturated carbocycles. The molecule has 1 saturated heterocycles. The van der Waals surface area contributed by atoms with E-state index in [1.807, 2.05) is 13.0 Å². The third-order valence-corrected chi connectivity index (χ3v) is 4.10. The molecule has 0 unspecified atom stereocenters. The number of amides is 1. The molecule has 0 spiro atoms.